The lowest BCUT2D eigenvalue weighted by Gasteiger charge is -2.43. The van der Waals surface area contributed by atoms with E-state index in [9.17, 15) is 18.3 Å². The molecule has 1 saturated heterocycles. The van der Waals surface area contributed by atoms with Crippen molar-refractivity contribution in [1.29, 1.82) is 0 Å². The Hall–Kier alpha value is -4.73. The molecule has 242 valence electrons. The van der Waals surface area contributed by atoms with Gasteiger partial charge >= 0.3 is 6.09 Å². The number of fused-ring (bicyclic) bond motifs is 1. The molecule has 0 saturated carbocycles. The largest absolute Gasteiger partial charge is 0.465 e. The number of piperidine rings is 1. The number of para-hydroxylation sites is 2. The number of anilines is 1. The molecule has 0 spiro atoms. The number of amides is 1. The zero-order valence-corrected chi connectivity index (χ0v) is 27.1. The second kappa shape index (κ2) is 14.8. The third kappa shape index (κ3) is 7.64. The fourth-order valence-corrected chi connectivity index (χ4v) is 8.59. The van der Waals surface area contributed by atoms with Crippen LogP contribution in [0.1, 0.15) is 36.8 Å². The maximum Gasteiger partial charge on any atom is 0.407 e. The van der Waals surface area contributed by atoms with Crippen LogP contribution in [0.15, 0.2) is 132 Å². The number of carboxylic acid groups (broad SMARTS) is 1. The van der Waals surface area contributed by atoms with Crippen LogP contribution in [-0.2, 0) is 23.1 Å². The number of nitrogens with zero attached hydrogens (tertiary/aromatic N) is 4. The molecule has 4 aromatic carbocycles. The van der Waals surface area contributed by atoms with Crippen LogP contribution in [-0.4, -0.2) is 59.6 Å². The van der Waals surface area contributed by atoms with E-state index in [2.05, 4.69) is 34.1 Å². The van der Waals surface area contributed by atoms with Crippen molar-refractivity contribution in [2.75, 3.05) is 17.4 Å². The molecule has 5 aromatic rings. The van der Waals surface area contributed by atoms with Crippen molar-refractivity contribution in [3.8, 4) is 0 Å². The van der Waals surface area contributed by atoms with Crippen molar-refractivity contribution < 1.29 is 18.3 Å². The summed E-state index contributed by atoms with van der Waals surface area (Å²) in [7, 11) is -4.05. The number of hydrogen-bond acceptors (Lipinski definition) is 5. The van der Waals surface area contributed by atoms with E-state index in [4.69, 9.17) is 0 Å². The van der Waals surface area contributed by atoms with Crippen molar-refractivity contribution in [2.45, 2.75) is 55.8 Å². The minimum atomic E-state index is -4.05. The molecule has 0 unspecified atom stereocenters. The van der Waals surface area contributed by atoms with Crippen molar-refractivity contribution >= 4 is 32.7 Å². The first-order valence-corrected chi connectivity index (χ1v) is 17.6. The van der Waals surface area contributed by atoms with Crippen molar-refractivity contribution in [3.63, 3.8) is 0 Å². The van der Waals surface area contributed by atoms with E-state index in [1.165, 1.54) is 20.3 Å². The Bertz CT molecular complexity index is 1830. The number of pyridine rings is 1. The van der Waals surface area contributed by atoms with E-state index >= 15 is 0 Å². The molecular weight excluding hydrogens is 609 g/mol. The average Bonchev–Trinajstić information content (AvgIpc) is 3.09. The number of hydrogen-bond donors (Lipinski definition) is 1. The Morgan fingerprint density at radius 2 is 1.43 bits per heavy atom. The van der Waals surface area contributed by atoms with Gasteiger partial charge in [0.25, 0.3) is 10.0 Å². The molecular formula is C38H40N4O4S. The number of rotatable bonds is 12. The van der Waals surface area contributed by atoms with Gasteiger partial charge < -0.3 is 10.0 Å². The summed E-state index contributed by atoms with van der Waals surface area (Å²) in [6, 6.07) is 37.9. The molecule has 8 nitrogen and oxygen atoms in total. The van der Waals surface area contributed by atoms with Crippen LogP contribution in [0.4, 0.5) is 10.5 Å². The van der Waals surface area contributed by atoms with Crippen LogP contribution < -0.4 is 4.31 Å². The molecule has 6 rings (SSSR count). The molecule has 2 atom stereocenters. The number of carbonyl (C=O) groups is 1. The quantitative estimate of drug-likeness (QED) is 0.151. The van der Waals surface area contributed by atoms with Crippen LogP contribution in [0.3, 0.4) is 0 Å². The van der Waals surface area contributed by atoms with Gasteiger partial charge in [-0.3, -0.25) is 14.2 Å². The SMILES string of the molecule is O=C(O)N1CC[C@H](N(c2ccccc2)S(=O)(=O)c2cccc3cccnc23)C[C@@H]1CCCN(Cc1ccccc1)Cc1ccccc1. The number of benzene rings is 4. The Balaban J connectivity index is 1.25. The van der Waals surface area contributed by atoms with Crippen molar-refractivity contribution in [2.24, 2.45) is 0 Å². The summed E-state index contributed by atoms with van der Waals surface area (Å²) in [5.41, 5.74) is 3.43. The first-order chi connectivity index (χ1) is 22.9. The zero-order valence-electron chi connectivity index (χ0n) is 26.3. The zero-order chi connectivity index (χ0) is 32.6. The Morgan fingerprint density at radius 1 is 0.809 bits per heavy atom. The van der Waals surface area contributed by atoms with E-state index in [-0.39, 0.29) is 17.5 Å². The van der Waals surface area contributed by atoms with E-state index in [0.29, 0.717) is 30.5 Å². The first kappa shape index (κ1) is 32.2. The first-order valence-electron chi connectivity index (χ1n) is 16.1. The summed E-state index contributed by atoms with van der Waals surface area (Å²) in [4.78, 5) is 20.9. The normalized spacial score (nSPS) is 16.7. The highest BCUT2D eigenvalue weighted by atomic mass is 32.2. The molecule has 9 heteroatoms. The number of sulfonamides is 1. The van der Waals surface area contributed by atoms with Gasteiger partial charge in [0.1, 0.15) is 4.90 Å². The molecule has 2 heterocycles. The molecule has 1 aliphatic heterocycles. The number of aromatic nitrogens is 1. The highest BCUT2D eigenvalue weighted by molar-refractivity contribution is 7.93. The van der Waals surface area contributed by atoms with Gasteiger partial charge in [0.2, 0.25) is 0 Å². The van der Waals surface area contributed by atoms with E-state index < -0.39 is 22.2 Å². The fraction of sp³-hybridized carbons (Fsp3) is 0.263. The van der Waals surface area contributed by atoms with Gasteiger partial charge in [0.15, 0.2) is 0 Å². The second-order valence-corrected chi connectivity index (χ2v) is 13.9. The van der Waals surface area contributed by atoms with Crippen LogP contribution in [0.25, 0.3) is 10.9 Å². The van der Waals surface area contributed by atoms with Crippen molar-refractivity contribution in [1.82, 2.24) is 14.8 Å². The third-order valence-electron chi connectivity index (χ3n) is 8.92. The minimum absolute atomic E-state index is 0.147. The molecule has 1 aliphatic rings. The minimum Gasteiger partial charge on any atom is -0.465 e. The summed E-state index contributed by atoms with van der Waals surface area (Å²) < 4.78 is 30.6. The standard InChI is InChI=1S/C38H40N4O4S/c43-38(44)41-26-23-35(27-34(41)21-12-25-40(28-30-13-4-1-5-14-30)29-31-15-6-2-7-16-31)42(33-19-8-3-9-20-33)47(45,46)36-22-10-17-32-18-11-24-39-37(32)36/h1-11,13-20,22,24,34-35H,12,21,23,25-29H2,(H,43,44)/t34-,35-/m0/s1. The predicted molar refractivity (Wildman–Crippen MR) is 186 cm³/mol. The van der Waals surface area contributed by atoms with Gasteiger partial charge in [-0.05, 0) is 67.6 Å². The fourth-order valence-electron chi connectivity index (χ4n) is 6.73. The highest BCUT2D eigenvalue weighted by Gasteiger charge is 2.39. The molecule has 47 heavy (non-hydrogen) atoms. The van der Waals surface area contributed by atoms with Gasteiger partial charge in [0, 0.05) is 43.3 Å². The topological polar surface area (TPSA) is 94.0 Å². The van der Waals surface area contributed by atoms with E-state index in [0.717, 1.165) is 31.4 Å². The molecule has 1 amide bonds. The molecule has 0 radical (unpaired) electrons. The Kier molecular flexibility index (Phi) is 10.1. The number of likely N-dealkylation sites (tertiary alicyclic amines) is 1. The summed E-state index contributed by atoms with van der Waals surface area (Å²) in [6.45, 7) is 2.60. The van der Waals surface area contributed by atoms with E-state index in [1.807, 2.05) is 66.7 Å². The van der Waals surface area contributed by atoms with Gasteiger partial charge in [-0.15, -0.1) is 0 Å². The van der Waals surface area contributed by atoms with Crippen molar-refractivity contribution in [3.05, 3.63) is 139 Å². The molecule has 1 N–H and O–H groups in total. The maximum atomic E-state index is 14.6. The lowest BCUT2D eigenvalue weighted by molar-refractivity contribution is 0.0957. The monoisotopic (exact) mass is 648 g/mol. The average molecular weight is 649 g/mol. The van der Waals surface area contributed by atoms with Gasteiger partial charge in [-0.2, -0.15) is 0 Å². The van der Waals surface area contributed by atoms with Crippen LogP contribution in [0.5, 0.6) is 0 Å². The highest BCUT2D eigenvalue weighted by Crippen LogP contribution is 2.35. The summed E-state index contributed by atoms with van der Waals surface area (Å²) in [5.74, 6) is 0. The Morgan fingerprint density at radius 3 is 2.06 bits per heavy atom. The summed E-state index contributed by atoms with van der Waals surface area (Å²) in [5, 5.41) is 10.9. The smallest absolute Gasteiger partial charge is 0.407 e. The maximum absolute atomic E-state index is 14.6. The predicted octanol–water partition coefficient (Wildman–Crippen LogP) is 7.42. The molecule has 0 bridgehead atoms. The van der Waals surface area contributed by atoms with E-state index in [1.54, 1.807) is 36.5 Å². The molecule has 1 aromatic heterocycles. The summed E-state index contributed by atoms with van der Waals surface area (Å²) in [6.07, 6.45) is 2.83. The second-order valence-electron chi connectivity index (χ2n) is 12.1. The Labute approximate surface area is 277 Å². The lowest BCUT2D eigenvalue weighted by Crippen LogP contribution is -2.53. The van der Waals surface area contributed by atoms with Crippen LogP contribution in [0.2, 0.25) is 0 Å². The van der Waals surface area contributed by atoms with Gasteiger partial charge in [0.05, 0.1) is 11.2 Å². The lowest BCUT2D eigenvalue weighted by atomic mass is 9.93. The molecule has 1 fully saturated rings. The summed E-state index contributed by atoms with van der Waals surface area (Å²) >= 11 is 0. The van der Waals surface area contributed by atoms with Crippen LogP contribution >= 0.6 is 0 Å². The third-order valence-corrected chi connectivity index (χ3v) is 10.8. The van der Waals surface area contributed by atoms with Gasteiger partial charge in [-0.1, -0.05) is 97.1 Å². The molecule has 0 aliphatic carbocycles. The van der Waals surface area contributed by atoms with Gasteiger partial charge in [-0.25, -0.2) is 13.2 Å². The van der Waals surface area contributed by atoms with Crippen LogP contribution in [0, 0.1) is 0 Å².